The van der Waals surface area contributed by atoms with Crippen LogP contribution >= 0.6 is 0 Å². The van der Waals surface area contributed by atoms with Crippen LogP contribution in [0.3, 0.4) is 0 Å². The number of aryl methyl sites for hydroxylation is 1. The smallest absolute Gasteiger partial charge is 0.329 e. The Hall–Kier alpha value is -1.58. The molecule has 1 fully saturated rings. The zero-order valence-electron chi connectivity index (χ0n) is 11.2. The van der Waals surface area contributed by atoms with E-state index in [4.69, 9.17) is 0 Å². The molecule has 4 heteroatoms. The molecular weight excluding hydrogens is 245 g/mol. The summed E-state index contributed by atoms with van der Waals surface area (Å²) >= 11 is 0. The molecule has 0 bridgehead atoms. The number of carbonyl (C=O) groups is 1. The van der Waals surface area contributed by atoms with Crippen molar-refractivity contribution in [2.24, 2.45) is 0 Å². The second-order valence-corrected chi connectivity index (χ2v) is 5.44. The number of rotatable bonds is 3. The minimum Gasteiger partial charge on any atom is -0.480 e. The number of hydrogen-bond donors (Lipinski definition) is 2. The second kappa shape index (κ2) is 5.59. The summed E-state index contributed by atoms with van der Waals surface area (Å²) in [5.41, 5.74) is 0.398. The molecule has 0 atom stereocenters. The van der Waals surface area contributed by atoms with Crippen molar-refractivity contribution in [3.05, 3.63) is 29.6 Å². The molecular formula is C15H20FNO2. The average molecular weight is 265 g/mol. The first kappa shape index (κ1) is 13.8. The molecule has 0 aliphatic heterocycles. The predicted octanol–water partition coefficient (Wildman–Crippen LogP) is 3.72. The molecule has 3 nitrogen and oxygen atoms in total. The zero-order valence-corrected chi connectivity index (χ0v) is 11.2. The van der Waals surface area contributed by atoms with E-state index in [0.29, 0.717) is 18.5 Å². The van der Waals surface area contributed by atoms with Crippen molar-refractivity contribution >= 4 is 11.7 Å². The summed E-state index contributed by atoms with van der Waals surface area (Å²) in [5.74, 6) is -1.17. The van der Waals surface area contributed by atoms with E-state index in [1.165, 1.54) is 12.1 Å². The van der Waals surface area contributed by atoms with Gasteiger partial charge in [-0.25, -0.2) is 9.18 Å². The van der Waals surface area contributed by atoms with Gasteiger partial charge in [0.05, 0.1) is 0 Å². The van der Waals surface area contributed by atoms with Gasteiger partial charge < -0.3 is 10.4 Å². The van der Waals surface area contributed by atoms with E-state index in [0.717, 1.165) is 31.2 Å². The summed E-state index contributed by atoms with van der Waals surface area (Å²) in [6, 6.07) is 4.59. The Labute approximate surface area is 112 Å². The van der Waals surface area contributed by atoms with E-state index >= 15 is 0 Å². The number of hydrogen-bond acceptors (Lipinski definition) is 2. The first-order chi connectivity index (χ1) is 9.02. The van der Waals surface area contributed by atoms with Crippen LogP contribution in [0, 0.1) is 12.7 Å². The highest BCUT2D eigenvalue weighted by molar-refractivity contribution is 5.82. The Morgan fingerprint density at radius 2 is 1.84 bits per heavy atom. The topological polar surface area (TPSA) is 49.3 Å². The molecule has 0 saturated heterocycles. The van der Waals surface area contributed by atoms with Gasteiger partial charge in [-0.15, -0.1) is 0 Å². The fourth-order valence-corrected chi connectivity index (χ4v) is 2.81. The van der Waals surface area contributed by atoms with Crippen LogP contribution in [0.2, 0.25) is 0 Å². The maximum Gasteiger partial charge on any atom is 0.329 e. The van der Waals surface area contributed by atoms with E-state index in [-0.39, 0.29) is 5.82 Å². The molecule has 0 heterocycles. The summed E-state index contributed by atoms with van der Waals surface area (Å²) in [5, 5.41) is 12.6. The van der Waals surface area contributed by atoms with Crippen LogP contribution in [-0.4, -0.2) is 16.6 Å². The number of anilines is 1. The first-order valence-corrected chi connectivity index (χ1v) is 6.81. The van der Waals surface area contributed by atoms with E-state index in [2.05, 4.69) is 5.32 Å². The lowest BCUT2D eigenvalue weighted by molar-refractivity contribution is -0.142. The fourth-order valence-electron chi connectivity index (χ4n) is 2.81. The maximum atomic E-state index is 13.4. The summed E-state index contributed by atoms with van der Waals surface area (Å²) in [4.78, 5) is 11.6. The highest BCUT2D eigenvalue weighted by Crippen LogP contribution is 2.31. The van der Waals surface area contributed by atoms with Crippen LogP contribution in [0.25, 0.3) is 0 Å². The minimum absolute atomic E-state index is 0.336. The van der Waals surface area contributed by atoms with E-state index in [1.54, 1.807) is 13.0 Å². The highest BCUT2D eigenvalue weighted by Gasteiger charge is 2.38. The number of carboxylic acids is 1. The number of carboxylic acid groups (broad SMARTS) is 1. The van der Waals surface area contributed by atoms with Crippen molar-refractivity contribution in [2.75, 3.05) is 5.32 Å². The van der Waals surface area contributed by atoms with Crippen LogP contribution in [0.15, 0.2) is 18.2 Å². The second-order valence-electron chi connectivity index (χ2n) is 5.44. The molecule has 0 spiro atoms. The van der Waals surface area contributed by atoms with Crippen molar-refractivity contribution in [1.29, 1.82) is 0 Å². The van der Waals surface area contributed by atoms with Gasteiger partial charge >= 0.3 is 5.97 Å². The predicted molar refractivity (Wildman–Crippen MR) is 72.8 cm³/mol. The molecule has 2 N–H and O–H groups in total. The largest absolute Gasteiger partial charge is 0.480 e. The Morgan fingerprint density at radius 1 is 1.21 bits per heavy atom. The van der Waals surface area contributed by atoms with Crippen LogP contribution in [-0.2, 0) is 4.79 Å². The molecule has 0 aromatic heterocycles. The summed E-state index contributed by atoms with van der Waals surface area (Å²) in [7, 11) is 0. The van der Waals surface area contributed by atoms with Crippen molar-refractivity contribution in [3.8, 4) is 0 Å². The quantitative estimate of drug-likeness (QED) is 0.819. The van der Waals surface area contributed by atoms with Crippen LogP contribution < -0.4 is 5.32 Å². The molecule has 2 rings (SSSR count). The number of aliphatic carboxylic acids is 1. The Balaban J connectivity index is 2.27. The molecule has 1 aliphatic rings. The van der Waals surface area contributed by atoms with Crippen LogP contribution in [0.5, 0.6) is 0 Å². The lowest BCUT2D eigenvalue weighted by Gasteiger charge is -2.30. The monoisotopic (exact) mass is 265 g/mol. The van der Waals surface area contributed by atoms with Crippen molar-refractivity contribution in [3.63, 3.8) is 0 Å². The van der Waals surface area contributed by atoms with Gasteiger partial charge in [0, 0.05) is 5.69 Å². The highest BCUT2D eigenvalue weighted by atomic mass is 19.1. The lowest BCUT2D eigenvalue weighted by atomic mass is 9.90. The molecule has 1 saturated carbocycles. The van der Waals surface area contributed by atoms with Gasteiger partial charge in [0.15, 0.2) is 0 Å². The molecule has 1 aromatic carbocycles. The molecule has 0 radical (unpaired) electrons. The number of halogens is 1. The van der Waals surface area contributed by atoms with Crippen LogP contribution in [0.1, 0.15) is 44.1 Å². The standard InChI is InChI=1S/C15H20FNO2/c1-11-8-12(16)10-13(9-11)17-15(14(18)19)6-4-2-3-5-7-15/h8-10,17H,2-7H2,1H3,(H,18,19). The molecule has 1 aliphatic carbocycles. The Bertz CT molecular complexity index is 445. The van der Waals surface area contributed by atoms with Gasteiger partial charge in [-0.3, -0.25) is 0 Å². The average Bonchev–Trinajstić information content (AvgIpc) is 2.54. The van der Waals surface area contributed by atoms with Crippen LogP contribution in [0.4, 0.5) is 10.1 Å². The molecule has 19 heavy (non-hydrogen) atoms. The third kappa shape index (κ3) is 3.25. The zero-order chi connectivity index (χ0) is 13.9. The van der Waals surface area contributed by atoms with Gasteiger partial charge in [0.25, 0.3) is 0 Å². The minimum atomic E-state index is -0.948. The van der Waals surface area contributed by atoms with Gasteiger partial charge in [-0.05, 0) is 43.5 Å². The summed E-state index contributed by atoms with van der Waals surface area (Å²) in [6.45, 7) is 1.80. The number of nitrogens with one attached hydrogen (secondary N) is 1. The van der Waals surface area contributed by atoms with Crippen molar-refractivity contribution in [2.45, 2.75) is 51.0 Å². The maximum absolute atomic E-state index is 13.4. The van der Waals surface area contributed by atoms with Gasteiger partial charge in [-0.2, -0.15) is 0 Å². The van der Waals surface area contributed by atoms with E-state index < -0.39 is 11.5 Å². The summed E-state index contributed by atoms with van der Waals surface area (Å²) < 4.78 is 13.4. The molecule has 0 unspecified atom stereocenters. The van der Waals surface area contributed by atoms with Crippen molar-refractivity contribution in [1.82, 2.24) is 0 Å². The van der Waals surface area contributed by atoms with Crippen molar-refractivity contribution < 1.29 is 14.3 Å². The third-order valence-corrected chi connectivity index (χ3v) is 3.79. The lowest BCUT2D eigenvalue weighted by Crippen LogP contribution is -2.46. The van der Waals surface area contributed by atoms with E-state index in [1.807, 2.05) is 0 Å². The fraction of sp³-hybridized carbons (Fsp3) is 0.533. The first-order valence-electron chi connectivity index (χ1n) is 6.81. The molecule has 1 aromatic rings. The normalized spacial score (nSPS) is 18.6. The number of benzene rings is 1. The van der Waals surface area contributed by atoms with Gasteiger partial charge in [0.1, 0.15) is 11.4 Å². The Kier molecular flexibility index (Phi) is 4.08. The third-order valence-electron chi connectivity index (χ3n) is 3.79. The SMILES string of the molecule is Cc1cc(F)cc(NC2(C(=O)O)CCCCCC2)c1. The molecule has 0 amide bonds. The van der Waals surface area contributed by atoms with E-state index in [9.17, 15) is 14.3 Å². The van der Waals surface area contributed by atoms with Gasteiger partial charge in [0.2, 0.25) is 0 Å². The molecule has 104 valence electrons. The van der Waals surface area contributed by atoms with Gasteiger partial charge in [-0.1, -0.05) is 25.7 Å². The Morgan fingerprint density at radius 3 is 2.37 bits per heavy atom. The summed E-state index contributed by atoms with van der Waals surface area (Å²) in [6.07, 6.45) is 5.12.